The Bertz CT molecular complexity index is 736. The smallest absolute Gasteiger partial charge is 0.143 e. The van der Waals surface area contributed by atoms with Crippen LogP contribution in [0.3, 0.4) is 0 Å². The SMILES string of the molecule is [CH2-]C(=O)c1cc(SOON)c(Oc2ccccc2)c(C2CCCC2)c1.[Y]. The average Bonchev–Trinajstić information content (AvgIpc) is 3.15. The van der Waals surface area contributed by atoms with E-state index >= 15 is 0 Å². The Morgan fingerprint density at radius 1 is 1.15 bits per heavy atom. The first-order valence-corrected chi connectivity index (χ1v) is 8.90. The van der Waals surface area contributed by atoms with E-state index < -0.39 is 0 Å². The Balaban J connectivity index is 0.00000243. The minimum Gasteiger partial charge on any atom is -0.456 e. The summed E-state index contributed by atoms with van der Waals surface area (Å²) in [6, 6.07) is 13.1. The van der Waals surface area contributed by atoms with Crippen LogP contribution in [0.2, 0.25) is 0 Å². The number of para-hydroxylation sites is 1. The third-order valence-corrected chi connectivity index (χ3v) is 4.96. The second-order valence-electron chi connectivity index (χ2n) is 5.96. The van der Waals surface area contributed by atoms with Gasteiger partial charge in [0.25, 0.3) is 0 Å². The van der Waals surface area contributed by atoms with E-state index in [9.17, 15) is 4.79 Å². The molecule has 0 spiro atoms. The molecule has 2 aromatic rings. The number of ether oxygens (including phenoxy) is 1. The van der Waals surface area contributed by atoms with Crippen molar-refractivity contribution >= 4 is 17.8 Å². The molecule has 0 atom stereocenters. The standard InChI is InChI=1S/C19H20NO4S.Y/c1-13(21)15-11-17(14-7-5-6-8-14)19(18(12-15)25-24-23-20)22-16-9-3-2-4-10-16;/h2-4,9-12,14H,1,5-8,20H2;/q-1;. The molecule has 135 valence electrons. The molecule has 5 nitrogen and oxygen atoms in total. The Labute approximate surface area is 182 Å². The summed E-state index contributed by atoms with van der Waals surface area (Å²) in [5.74, 6) is 6.45. The maximum atomic E-state index is 11.9. The average molecular weight is 447 g/mol. The third kappa shape index (κ3) is 5.32. The van der Waals surface area contributed by atoms with Crippen molar-refractivity contribution in [3.05, 3.63) is 60.5 Å². The number of carbonyl (C=O) groups is 1. The first kappa shape index (κ1) is 21.4. The summed E-state index contributed by atoms with van der Waals surface area (Å²) in [5, 5.41) is 0. The van der Waals surface area contributed by atoms with E-state index in [2.05, 4.69) is 11.9 Å². The van der Waals surface area contributed by atoms with Gasteiger partial charge in [-0.2, -0.15) is 12.8 Å². The van der Waals surface area contributed by atoms with Gasteiger partial charge in [0.15, 0.2) is 0 Å². The van der Waals surface area contributed by atoms with Gasteiger partial charge in [0.05, 0.1) is 16.9 Å². The fourth-order valence-corrected chi connectivity index (χ4v) is 3.68. The van der Waals surface area contributed by atoms with E-state index in [4.69, 9.17) is 15.0 Å². The van der Waals surface area contributed by atoms with Crippen LogP contribution in [0.4, 0.5) is 0 Å². The quantitative estimate of drug-likeness (QED) is 0.212. The number of carbonyl (C=O) groups excluding carboxylic acids is 1. The van der Waals surface area contributed by atoms with Crippen LogP contribution in [-0.4, -0.2) is 5.78 Å². The number of ketones is 1. The normalized spacial score (nSPS) is 14.0. The van der Waals surface area contributed by atoms with Crippen LogP contribution in [0, 0.1) is 6.92 Å². The number of nitrogens with two attached hydrogens (primary N) is 1. The molecule has 1 saturated carbocycles. The van der Waals surface area contributed by atoms with E-state index in [0.29, 0.717) is 27.9 Å². The molecule has 0 amide bonds. The van der Waals surface area contributed by atoms with Gasteiger partial charge in [0.1, 0.15) is 11.5 Å². The molecule has 26 heavy (non-hydrogen) atoms. The van der Waals surface area contributed by atoms with E-state index in [-0.39, 0.29) is 38.5 Å². The molecular weight excluding hydrogens is 427 g/mol. The molecule has 1 fully saturated rings. The van der Waals surface area contributed by atoms with Gasteiger partial charge in [-0.05, 0) is 36.5 Å². The van der Waals surface area contributed by atoms with Crippen LogP contribution in [0.25, 0.3) is 0 Å². The van der Waals surface area contributed by atoms with Gasteiger partial charge >= 0.3 is 0 Å². The monoisotopic (exact) mass is 447 g/mol. The van der Waals surface area contributed by atoms with Gasteiger partial charge in [-0.1, -0.05) is 31.0 Å². The minimum absolute atomic E-state index is 0. The summed E-state index contributed by atoms with van der Waals surface area (Å²) in [5.41, 5.74) is 1.52. The van der Waals surface area contributed by atoms with Crippen molar-refractivity contribution in [1.82, 2.24) is 0 Å². The van der Waals surface area contributed by atoms with Crippen molar-refractivity contribution in [2.24, 2.45) is 5.90 Å². The van der Waals surface area contributed by atoms with E-state index in [0.717, 1.165) is 30.4 Å². The second-order valence-corrected chi connectivity index (χ2v) is 6.70. The van der Waals surface area contributed by atoms with Gasteiger partial charge < -0.3 is 9.53 Å². The fourth-order valence-electron chi connectivity index (χ4n) is 3.16. The molecule has 2 aromatic carbocycles. The largest absolute Gasteiger partial charge is 0.456 e. The zero-order valence-electron chi connectivity index (χ0n) is 14.4. The van der Waals surface area contributed by atoms with Crippen LogP contribution in [0.15, 0.2) is 47.4 Å². The summed E-state index contributed by atoms with van der Waals surface area (Å²) in [7, 11) is 0. The van der Waals surface area contributed by atoms with Crippen molar-refractivity contribution in [3.63, 3.8) is 0 Å². The van der Waals surface area contributed by atoms with Crippen LogP contribution < -0.4 is 10.6 Å². The Hall–Kier alpha value is -0.886. The Morgan fingerprint density at radius 3 is 2.46 bits per heavy atom. The van der Waals surface area contributed by atoms with Crippen molar-refractivity contribution in [2.45, 2.75) is 36.5 Å². The maximum absolute atomic E-state index is 11.9. The predicted octanol–water partition coefficient (Wildman–Crippen LogP) is 4.98. The first-order chi connectivity index (χ1) is 12.2. The number of hydrogen-bond donors (Lipinski definition) is 1. The molecule has 1 aliphatic rings. The van der Waals surface area contributed by atoms with Gasteiger partial charge in [0, 0.05) is 38.5 Å². The van der Waals surface area contributed by atoms with Crippen LogP contribution in [-0.2, 0) is 42.0 Å². The molecule has 0 saturated heterocycles. The molecule has 1 aliphatic carbocycles. The summed E-state index contributed by atoms with van der Waals surface area (Å²) >= 11 is 0.919. The molecule has 0 heterocycles. The molecule has 3 rings (SSSR count). The zero-order chi connectivity index (χ0) is 17.6. The molecule has 0 aromatic heterocycles. The Morgan fingerprint density at radius 2 is 1.85 bits per heavy atom. The minimum atomic E-state index is -0.249. The summed E-state index contributed by atoms with van der Waals surface area (Å²) in [6.45, 7) is 3.53. The topological polar surface area (TPSA) is 70.8 Å². The molecule has 0 bridgehead atoms. The summed E-state index contributed by atoms with van der Waals surface area (Å²) < 4.78 is 11.0. The van der Waals surface area contributed by atoms with Gasteiger partial charge in [-0.3, -0.25) is 0 Å². The van der Waals surface area contributed by atoms with Crippen molar-refractivity contribution < 1.29 is 51.6 Å². The number of benzene rings is 2. The van der Waals surface area contributed by atoms with Crippen molar-refractivity contribution in [2.75, 3.05) is 0 Å². The number of hydrogen-bond acceptors (Lipinski definition) is 6. The summed E-state index contributed by atoms with van der Waals surface area (Å²) in [6.07, 6.45) is 4.47. The predicted molar refractivity (Wildman–Crippen MR) is 96.1 cm³/mol. The van der Waals surface area contributed by atoms with E-state index in [1.807, 2.05) is 36.4 Å². The maximum Gasteiger partial charge on any atom is 0.143 e. The fraction of sp³-hybridized carbons (Fsp3) is 0.263. The van der Waals surface area contributed by atoms with E-state index in [1.165, 1.54) is 12.8 Å². The third-order valence-electron chi connectivity index (χ3n) is 4.33. The molecule has 0 unspecified atom stereocenters. The van der Waals surface area contributed by atoms with Crippen LogP contribution >= 0.6 is 12.0 Å². The second kappa shape index (κ2) is 10.4. The molecule has 7 heteroatoms. The van der Waals surface area contributed by atoms with Crippen molar-refractivity contribution in [3.8, 4) is 11.5 Å². The van der Waals surface area contributed by atoms with E-state index in [1.54, 1.807) is 6.07 Å². The van der Waals surface area contributed by atoms with Crippen LogP contribution in [0.1, 0.15) is 47.5 Å². The van der Waals surface area contributed by atoms with Crippen LogP contribution in [0.5, 0.6) is 11.5 Å². The van der Waals surface area contributed by atoms with Gasteiger partial charge in [-0.15, -0.1) is 27.0 Å². The molecule has 0 aliphatic heterocycles. The molecule has 1 radical (unpaired) electrons. The first-order valence-electron chi connectivity index (χ1n) is 8.16. The summed E-state index contributed by atoms with van der Waals surface area (Å²) in [4.78, 5) is 16.7. The van der Waals surface area contributed by atoms with Gasteiger partial charge in [0.2, 0.25) is 0 Å². The Kier molecular flexibility index (Phi) is 8.61. The van der Waals surface area contributed by atoms with Gasteiger partial charge in [-0.25, -0.2) is 0 Å². The zero-order valence-corrected chi connectivity index (χ0v) is 18.0. The number of rotatable bonds is 7. The molecule has 2 N–H and O–H groups in total. The van der Waals surface area contributed by atoms with Crippen molar-refractivity contribution in [1.29, 1.82) is 0 Å². The molecular formula is C19H20NO4SY-. The number of Topliss-reactive ketones (excluding diaryl/α,β-unsaturated/α-hetero) is 1.